The van der Waals surface area contributed by atoms with Crippen molar-refractivity contribution in [2.45, 2.75) is 64.1 Å². The van der Waals surface area contributed by atoms with E-state index in [1.165, 1.54) is 13.0 Å². The van der Waals surface area contributed by atoms with Gasteiger partial charge in [-0.25, -0.2) is 8.78 Å². The summed E-state index contributed by atoms with van der Waals surface area (Å²) in [7, 11) is 0. The summed E-state index contributed by atoms with van der Waals surface area (Å²) in [6, 6.07) is 0. The number of aliphatic hydroxyl groups excluding tert-OH is 3. The van der Waals surface area contributed by atoms with Crippen LogP contribution in [-0.2, 0) is 4.79 Å². The fourth-order valence-corrected chi connectivity index (χ4v) is 6.84. The number of ketones is 1. The van der Waals surface area contributed by atoms with E-state index in [0.29, 0.717) is 6.42 Å². The molecule has 150 valence electrons. The highest BCUT2D eigenvalue weighted by Gasteiger charge is 2.72. The van der Waals surface area contributed by atoms with Crippen LogP contribution in [0.1, 0.15) is 40.0 Å². The monoisotopic (exact) mass is 382 g/mol. The van der Waals surface area contributed by atoms with Crippen molar-refractivity contribution in [2.24, 2.45) is 28.6 Å². The summed E-state index contributed by atoms with van der Waals surface area (Å²) in [5, 5.41) is 31.2. The minimum Gasteiger partial charge on any atom is -0.392 e. The molecule has 3 N–H and O–H groups in total. The fourth-order valence-electron chi connectivity index (χ4n) is 6.84. The van der Waals surface area contributed by atoms with Crippen molar-refractivity contribution in [1.82, 2.24) is 0 Å². The molecule has 0 heterocycles. The lowest BCUT2D eigenvalue weighted by Crippen LogP contribution is -2.68. The van der Waals surface area contributed by atoms with Crippen molar-refractivity contribution in [3.05, 3.63) is 23.3 Å². The predicted octanol–water partition coefficient (Wildman–Crippen LogP) is 2.27. The van der Waals surface area contributed by atoms with E-state index in [-0.39, 0.29) is 35.8 Å². The predicted molar refractivity (Wildman–Crippen MR) is 95.2 cm³/mol. The van der Waals surface area contributed by atoms with Gasteiger partial charge in [0, 0.05) is 16.9 Å². The molecule has 0 bridgehead atoms. The van der Waals surface area contributed by atoms with Crippen LogP contribution in [0, 0.1) is 28.6 Å². The minimum absolute atomic E-state index is 0.0338. The Morgan fingerprint density at radius 1 is 1.22 bits per heavy atom. The van der Waals surface area contributed by atoms with Gasteiger partial charge in [-0.15, -0.1) is 0 Å². The molecule has 3 fully saturated rings. The summed E-state index contributed by atoms with van der Waals surface area (Å²) in [5.74, 6) is -1.58. The van der Waals surface area contributed by atoms with E-state index >= 15 is 8.78 Å². The average Bonchev–Trinajstić information content (AvgIpc) is 2.83. The van der Waals surface area contributed by atoms with Crippen LogP contribution < -0.4 is 0 Å². The zero-order valence-electron chi connectivity index (χ0n) is 16.0. The molecule has 0 aliphatic heterocycles. The SMILES string of the molecule is C[C@@H]1C[C@H]2[C@@H]3C[C@H](F)C4=CC(=O)C(CO)=C[C@]4(C)[C@@]3(F)[C@@H](O)C[C@]2(C)[C@H]1O. The Morgan fingerprint density at radius 2 is 1.89 bits per heavy atom. The van der Waals surface area contributed by atoms with Crippen LogP contribution in [-0.4, -0.2) is 51.8 Å². The molecule has 0 unspecified atom stereocenters. The Hall–Kier alpha value is -1.11. The molecule has 0 amide bonds. The Bertz CT molecular complexity index is 748. The highest BCUT2D eigenvalue weighted by atomic mass is 19.1. The maximum Gasteiger partial charge on any atom is 0.183 e. The van der Waals surface area contributed by atoms with Crippen LogP contribution in [0.4, 0.5) is 8.78 Å². The first-order valence-electron chi connectivity index (χ1n) is 9.78. The molecule has 4 aliphatic rings. The number of allylic oxidation sites excluding steroid dienone is 3. The molecular weight excluding hydrogens is 354 g/mol. The standard InChI is InChI=1S/C21H28F2O4/c1-10-4-12-13-5-15(22)14-6-16(25)11(9-24)7-20(14,3)21(13,23)17(26)8-19(12,2)18(10)27/h6-7,10,12-13,15,17-18,24,26-27H,4-5,8-9H2,1-3H3/t10-,12+,13+,15+,17+,18+,19+,20+,21+/m1/s1. The van der Waals surface area contributed by atoms with Crippen LogP contribution in [0.2, 0.25) is 0 Å². The van der Waals surface area contributed by atoms with Crippen molar-refractivity contribution >= 4 is 5.78 Å². The van der Waals surface area contributed by atoms with Gasteiger partial charge < -0.3 is 15.3 Å². The van der Waals surface area contributed by atoms with Crippen LogP contribution >= 0.6 is 0 Å². The molecule has 4 aliphatic carbocycles. The highest BCUT2D eigenvalue weighted by Crippen LogP contribution is 2.68. The van der Waals surface area contributed by atoms with E-state index in [9.17, 15) is 20.1 Å². The lowest BCUT2D eigenvalue weighted by atomic mass is 9.45. The number of carbonyl (C=O) groups is 1. The van der Waals surface area contributed by atoms with Crippen LogP contribution in [0.5, 0.6) is 0 Å². The lowest BCUT2D eigenvalue weighted by molar-refractivity contribution is -0.207. The summed E-state index contributed by atoms with van der Waals surface area (Å²) in [5.41, 5.74) is -4.23. The Morgan fingerprint density at radius 3 is 2.52 bits per heavy atom. The van der Waals surface area contributed by atoms with Crippen molar-refractivity contribution in [1.29, 1.82) is 0 Å². The second kappa shape index (κ2) is 5.71. The third-order valence-electron chi connectivity index (χ3n) is 8.26. The van der Waals surface area contributed by atoms with Gasteiger partial charge in [0.15, 0.2) is 11.5 Å². The Balaban J connectivity index is 1.88. The molecule has 0 aromatic heterocycles. The first-order chi connectivity index (χ1) is 12.5. The topological polar surface area (TPSA) is 77.8 Å². The summed E-state index contributed by atoms with van der Waals surface area (Å²) in [6.45, 7) is 4.75. The lowest BCUT2D eigenvalue weighted by Gasteiger charge is -2.62. The summed E-state index contributed by atoms with van der Waals surface area (Å²) in [6.07, 6.45) is -0.541. The molecule has 27 heavy (non-hydrogen) atoms. The molecule has 0 saturated heterocycles. The van der Waals surface area contributed by atoms with Gasteiger partial charge in [-0.05, 0) is 55.1 Å². The smallest absolute Gasteiger partial charge is 0.183 e. The molecule has 0 aromatic carbocycles. The Kier molecular flexibility index (Phi) is 4.06. The normalized spacial score (nSPS) is 54.6. The molecular formula is C21H28F2O4. The number of alkyl halides is 2. The fraction of sp³-hybridized carbons (Fsp3) is 0.762. The number of rotatable bonds is 1. The van der Waals surface area contributed by atoms with Crippen molar-refractivity contribution in [3.63, 3.8) is 0 Å². The second-order valence-corrected chi connectivity index (χ2v) is 9.56. The van der Waals surface area contributed by atoms with E-state index in [2.05, 4.69) is 0 Å². The zero-order chi connectivity index (χ0) is 19.9. The second-order valence-electron chi connectivity index (χ2n) is 9.56. The van der Waals surface area contributed by atoms with Crippen LogP contribution in [0.3, 0.4) is 0 Å². The number of hydrogen-bond donors (Lipinski definition) is 3. The van der Waals surface area contributed by atoms with Gasteiger partial charge in [0.1, 0.15) is 6.17 Å². The van der Waals surface area contributed by atoms with E-state index in [4.69, 9.17) is 0 Å². The zero-order valence-corrected chi connectivity index (χ0v) is 16.0. The molecule has 0 radical (unpaired) electrons. The van der Waals surface area contributed by atoms with E-state index in [1.54, 1.807) is 0 Å². The molecule has 3 saturated carbocycles. The van der Waals surface area contributed by atoms with E-state index in [0.717, 1.165) is 6.08 Å². The van der Waals surface area contributed by atoms with Gasteiger partial charge in [-0.2, -0.15) is 0 Å². The van der Waals surface area contributed by atoms with Gasteiger partial charge in [0.2, 0.25) is 0 Å². The third-order valence-corrected chi connectivity index (χ3v) is 8.26. The number of fused-ring (bicyclic) bond motifs is 5. The first kappa shape index (κ1) is 19.2. The molecule has 4 rings (SSSR count). The van der Waals surface area contributed by atoms with Crippen molar-refractivity contribution < 1.29 is 28.9 Å². The summed E-state index contributed by atoms with van der Waals surface area (Å²) >= 11 is 0. The quantitative estimate of drug-likeness (QED) is 0.650. The average molecular weight is 382 g/mol. The van der Waals surface area contributed by atoms with Gasteiger partial charge in [0.25, 0.3) is 0 Å². The third kappa shape index (κ3) is 2.15. The minimum atomic E-state index is -2.16. The largest absolute Gasteiger partial charge is 0.392 e. The van der Waals surface area contributed by atoms with Crippen LogP contribution in [0.25, 0.3) is 0 Å². The number of carbonyl (C=O) groups excluding carboxylic acids is 1. The van der Waals surface area contributed by atoms with E-state index < -0.39 is 53.2 Å². The van der Waals surface area contributed by atoms with Gasteiger partial charge in [0.05, 0.1) is 18.8 Å². The molecule has 0 aromatic rings. The summed E-state index contributed by atoms with van der Waals surface area (Å²) in [4.78, 5) is 12.1. The molecule has 4 nitrogen and oxygen atoms in total. The van der Waals surface area contributed by atoms with Gasteiger partial charge >= 0.3 is 0 Å². The maximum absolute atomic E-state index is 16.8. The van der Waals surface area contributed by atoms with Gasteiger partial charge in [-0.1, -0.05) is 19.9 Å². The maximum atomic E-state index is 16.8. The van der Waals surface area contributed by atoms with Crippen molar-refractivity contribution in [2.75, 3.05) is 6.61 Å². The number of hydrogen-bond acceptors (Lipinski definition) is 4. The summed E-state index contributed by atoms with van der Waals surface area (Å²) < 4.78 is 32.0. The van der Waals surface area contributed by atoms with Crippen LogP contribution in [0.15, 0.2) is 23.3 Å². The van der Waals surface area contributed by atoms with E-state index in [1.807, 2.05) is 13.8 Å². The molecule has 6 heteroatoms. The Labute approximate surface area is 158 Å². The number of halogens is 2. The van der Waals surface area contributed by atoms with Crippen molar-refractivity contribution in [3.8, 4) is 0 Å². The first-order valence-corrected chi connectivity index (χ1v) is 9.78. The highest BCUT2D eigenvalue weighted by molar-refractivity contribution is 6.06. The molecule has 9 atom stereocenters. The number of aliphatic hydroxyl groups is 3. The molecule has 0 spiro atoms. The van der Waals surface area contributed by atoms with Gasteiger partial charge in [-0.3, -0.25) is 4.79 Å².